The molecule has 4 aromatic rings. The van der Waals surface area contributed by atoms with E-state index >= 15 is 0 Å². The first-order valence-corrected chi connectivity index (χ1v) is 8.85. The molecule has 0 saturated heterocycles. The Balaban J connectivity index is 1.43. The Morgan fingerprint density at radius 1 is 1.19 bits per heavy atom. The standard InChI is InChI=1S/C20H17ClN4O2/c1-13-16-3-2-4-17(21)19(16)27-18(13)20(26)23-9-14-5-7-15(8-6-14)10-25-12-22-11-24-25/h2-8,11-12H,9-10H2,1H3,(H,23,26). The van der Waals surface area contributed by atoms with E-state index in [2.05, 4.69) is 15.4 Å². The van der Waals surface area contributed by atoms with Crippen molar-refractivity contribution in [3.63, 3.8) is 0 Å². The number of amides is 1. The van der Waals surface area contributed by atoms with E-state index in [1.165, 1.54) is 6.33 Å². The highest BCUT2D eigenvalue weighted by molar-refractivity contribution is 6.35. The molecule has 0 radical (unpaired) electrons. The van der Waals surface area contributed by atoms with Crippen LogP contribution in [0.1, 0.15) is 27.2 Å². The number of halogens is 1. The third kappa shape index (κ3) is 3.57. The zero-order chi connectivity index (χ0) is 18.8. The molecule has 136 valence electrons. The molecular formula is C20H17ClN4O2. The first kappa shape index (κ1) is 17.3. The quantitative estimate of drug-likeness (QED) is 0.568. The number of aromatic nitrogens is 3. The van der Waals surface area contributed by atoms with Gasteiger partial charge in [0, 0.05) is 17.5 Å². The van der Waals surface area contributed by atoms with Gasteiger partial charge in [0.05, 0.1) is 11.6 Å². The number of carbonyl (C=O) groups is 1. The molecule has 1 N–H and O–H groups in total. The number of rotatable bonds is 5. The monoisotopic (exact) mass is 380 g/mol. The molecule has 0 fully saturated rings. The number of nitrogens with one attached hydrogen (secondary N) is 1. The Labute approximate surface area is 160 Å². The maximum atomic E-state index is 12.5. The van der Waals surface area contributed by atoms with Crippen LogP contribution in [0.3, 0.4) is 0 Å². The average Bonchev–Trinajstić information content (AvgIpc) is 3.30. The van der Waals surface area contributed by atoms with Gasteiger partial charge in [-0.1, -0.05) is 48.0 Å². The predicted octanol–water partition coefficient (Wildman–Crippen LogP) is 3.96. The minimum atomic E-state index is -0.258. The number of para-hydroxylation sites is 1. The Bertz CT molecular complexity index is 1090. The van der Waals surface area contributed by atoms with Crippen LogP contribution in [0, 0.1) is 6.92 Å². The first-order chi connectivity index (χ1) is 13.1. The van der Waals surface area contributed by atoms with E-state index in [9.17, 15) is 4.79 Å². The molecule has 0 bridgehead atoms. The van der Waals surface area contributed by atoms with Crippen molar-refractivity contribution < 1.29 is 9.21 Å². The Morgan fingerprint density at radius 2 is 1.96 bits per heavy atom. The second kappa shape index (κ2) is 7.25. The van der Waals surface area contributed by atoms with Crippen molar-refractivity contribution >= 4 is 28.5 Å². The van der Waals surface area contributed by atoms with Crippen molar-refractivity contribution in [2.24, 2.45) is 0 Å². The third-order valence-corrected chi connectivity index (χ3v) is 4.71. The van der Waals surface area contributed by atoms with Gasteiger partial charge in [-0.3, -0.25) is 4.79 Å². The number of furan rings is 1. The maximum absolute atomic E-state index is 12.5. The Morgan fingerprint density at radius 3 is 2.67 bits per heavy atom. The molecule has 0 unspecified atom stereocenters. The van der Waals surface area contributed by atoms with Gasteiger partial charge in [-0.15, -0.1) is 0 Å². The number of carbonyl (C=O) groups excluding carboxylic acids is 1. The summed E-state index contributed by atoms with van der Waals surface area (Å²) in [7, 11) is 0. The fraction of sp³-hybridized carbons (Fsp3) is 0.150. The van der Waals surface area contributed by atoms with Crippen molar-refractivity contribution in [1.82, 2.24) is 20.1 Å². The van der Waals surface area contributed by atoms with Crippen molar-refractivity contribution in [2.75, 3.05) is 0 Å². The maximum Gasteiger partial charge on any atom is 0.287 e. The van der Waals surface area contributed by atoms with E-state index in [4.69, 9.17) is 16.0 Å². The van der Waals surface area contributed by atoms with Crippen molar-refractivity contribution in [3.05, 3.63) is 82.6 Å². The van der Waals surface area contributed by atoms with Crippen molar-refractivity contribution in [3.8, 4) is 0 Å². The number of fused-ring (bicyclic) bond motifs is 1. The van der Waals surface area contributed by atoms with E-state index in [1.807, 2.05) is 43.3 Å². The van der Waals surface area contributed by atoms with Crippen LogP contribution in [0.5, 0.6) is 0 Å². The number of hydrogen-bond donors (Lipinski definition) is 1. The van der Waals surface area contributed by atoms with Crippen LogP contribution in [0.25, 0.3) is 11.0 Å². The lowest BCUT2D eigenvalue weighted by Crippen LogP contribution is -2.22. The zero-order valence-electron chi connectivity index (χ0n) is 14.6. The van der Waals surface area contributed by atoms with Crippen LogP contribution in [0.15, 0.2) is 59.5 Å². The molecule has 0 aliphatic heterocycles. The van der Waals surface area contributed by atoms with Crippen LogP contribution in [0.2, 0.25) is 5.02 Å². The lowest BCUT2D eigenvalue weighted by molar-refractivity contribution is 0.0924. The fourth-order valence-electron chi connectivity index (χ4n) is 2.95. The van der Waals surface area contributed by atoms with E-state index in [1.54, 1.807) is 17.1 Å². The van der Waals surface area contributed by atoms with Gasteiger partial charge in [0.25, 0.3) is 5.91 Å². The van der Waals surface area contributed by atoms with Crippen LogP contribution < -0.4 is 5.32 Å². The summed E-state index contributed by atoms with van der Waals surface area (Å²) in [6, 6.07) is 13.5. The van der Waals surface area contributed by atoms with Gasteiger partial charge >= 0.3 is 0 Å². The van der Waals surface area contributed by atoms with Crippen molar-refractivity contribution in [2.45, 2.75) is 20.0 Å². The fourth-order valence-corrected chi connectivity index (χ4v) is 3.17. The molecule has 2 aromatic heterocycles. The van der Waals surface area contributed by atoms with Crippen LogP contribution in [-0.2, 0) is 13.1 Å². The molecule has 2 heterocycles. The molecule has 0 aliphatic carbocycles. The Hall–Kier alpha value is -3.12. The second-order valence-electron chi connectivity index (χ2n) is 6.26. The molecule has 0 spiro atoms. The van der Waals surface area contributed by atoms with Gasteiger partial charge in [-0.25, -0.2) is 9.67 Å². The lowest BCUT2D eigenvalue weighted by atomic mass is 10.1. The van der Waals surface area contributed by atoms with Gasteiger partial charge in [0.1, 0.15) is 12.7 Å². The predicted molar refractivity (Wildman–Crippen MR) is 103 cm³/mol. The molecule has 4 rings (SSSR count). The number of aryl methyl sites for hydroxylation is 1. The average molecular weight is 381 g/mol. The highest BCUT2D eigenvalue weighted by Crippen LogP contribution is 2.30. The lowest BCUT2D eigenvalue weighted by Gasteiger charge is -2.06. The minimum Gasteiger partial charge on any atom is -0.449 e. The van der Waals surface area contributed by atoms with Crippen LogP contribution in [0.4, 0.5) is 0 Å². The van der Waals surface area contributed by atoms with E-state index in [-0.39, 0.29) is 5.91 Å². The number of benzene rings is 2. The van der Waals surface area contributed by atoms with Gasteiger partial charge < -0.3 is 9.73 Å². The Kier molecular flexibility index (Phi) is 4.64. The molecular weight excluding hydrogens is 364 g/mol. The molecule has 6 nitrogen and oxygen atoms in total. The van der Waals surface area contributed by atoms with Gasteiger partial charge in [-0.05, 0) is 24.1 Å². The molecule has 2 aromatic carbocycles. The third-order valence-electron chi connectivity index (χ3n) is 4.41. The zero-order valence-corrected chi connectivity index (χ0v) is 15.4. The van der Waals surface area contributed by atoms with E-state index in [0.29, 0.717) is 29.5 Å². The van der Waals surface area contributed by atoms with Crippen molar-refractivity contribution in [1.29, 1.82) is 0 Å². The summed E-state index contributed by atoms with van der Waals surface area (Å²) < 4.78 is 7.45. The SMILES string of the molecule is Cc1c(C(=O)NCc2ccc(Cn3cncn3)cc2)oc2c(Cl)cccc12. The molecule has 0 aliphatic rings. The summed E-state index contributed by atoms with van der Waals surface area (Å²) >= 11 is 6.15. The molecule has 1 amide bonds. The summed E-state index contributed by atoms with van der Waals surface area (Å²) in [6.07, 6.45) is 3.19. The van der Waals surface area contributed by atoms with Crippen LogP contribution in [-0.4, -0.2) is 20.7 Å². The van der Waals surface area contributed by atoms with Gasteiger partial charge in [-0.2, -0.15) is 5.10 Å². The summed E-state index contributed by atoms with van der Waals surface area (Å²) in [6.45, 7) is 2.92. The van der Waals surface area contributed by atoms with E-state index in [0.717, 1.165) is 22.1 Å². The molecule has 27 heavy (non-hydrogen) atoms. The highest BCUT2D eigenvalue weighted by atomic mass is 35.5. The number of hydrogen-bond acceptors (Lipinski definition) is 4. The summed E-state index contributed by atoms with van der Waals surface area (Å²) in [5, 5.41) is 8.34. The largest absolute Gasteiger partial charge is 0.449 e. The first-order valence-electron chi connectivity index (χ1n) is 8.48. The summed E-state index contributed by atoms with van der Waals surface area (Å²) in [5.74, 6) is 0.0346. The van der Waals surface area contributed by atoms with E-state index < -0.39 is 0 Å². The smallest absolute Gasteiger partial charge is 0.287 e. The molecule has 0 saturated carbocycles. The minimum absolute atomic E-state index is 0.258. The highest BCUT2D eigenvalue weighted by Gasteiger charge is 2.18. The van der Waals surface area contributed by atoms with Gasteiger partial charge in [0.15, 0.2) is 11.3 Å². The normalized spacial score (nSPS) is 11.0. The van der Waals surface area contributed by atoms with Crippen LogP contribution >= 0.6 is 11.6 Å². The summed E-state index contributed by atoms with van der Waals surface area (Å²) in [5.41, 5.74) is 3.43. The topological polar surface area (TPSA) is 73.0 Å². The molecule has 0 atom stereocenters. The number of nitrogens with zero attached hydrogens (tertiary/aromatic N) is 3. The summed E-state index contributed by atoms with van der Waals surface area (Å²) in [4.78, 5) is 16.5. The second-order valence-corrected chi connectivity index (χ2v) is 6.67. The van der Waals surface area contributed by atoms with Gasteiger partial charge in [0.2, 0.25) is 0 Å². The molecule has 7 heteroatoms.